The molecule has 0 aliphatic carbocycles. The maximum Gasteiger partial charge on any atom is 0.0594 e. The maximum absolute atomic E-state index is 5.87. The predicted molar refractivity (Wildman–Crippen MR) is 87.8 cm³/mol. The molecule has 6 heteroatoms. The molecule has 1 aliphatic rings. The van der Waals surface area contributed by atoms with Gasteiger partial charge in [0.2, 0.25) is 0 Å². The lowest BCUT2D eigenvalue weighted by molar-refractivity contribution is -0.0324. The molecule has 2 rings (SSSR count). The van der Waals surface area contributed by atoms with Gasteiger partial charge in [-0.1, -0.05) is 6.92 Å². The Balaban J connectivity index is 2.13. The minimum atomic E-state index is -0.00666. The lowest BCUT2D eigenvalue weighted by atomic mass is 9.84. The van der Waals surface area contributed by atoms with Gasteiger partial charge in [0.05, 0.1) is 13.2 Å². The topological polar surface area (TPSA) is 63.4 Å². The van der Waals surface area contributed by atoms with E-state index in [1.807, 2.05) is 18.3 Å². The highest BCUT2D eigenvalue weighted by Gasteiger charge is 2.38. The molecule has 5 nitrogen and oxygen atoms in total. The van der Waals surface area contributed by atoms with Crippen molar-refractivity contribution in [2.45, 2.75) is 38.3 Å². The summed E-state index contributed by atoms with van der Waals surface area (Å²) in [6.07, 6.45) is 3.67. The van der Waals surface area contributed by atoms with Gasteiger partial charge in [0, 0.05) is 47.5 Å². The zero-order chi connectivity index (χ0) is 15.3. The first-order valence-corrected chi connectivity index (χ1v) is 8.29. The van der Waals surface area contributed by atoms with Crippen molar-refractivity contribution < 1.29 is 4.74 Å². The van der Waals surface area contributed by atoms with E-state index >= 15 is 0 Å². The summed E-state index contributed by atoms with van der Waals surface area (Å²) in [6.45, 7) is 8.00. The van der Waals surface area contributed by atoms with E-state index in [2.05, 4.69) is 45.1 Å². The van der Waals surface area contributed by atoms with E-state index in [-0.39, 0.29) is 11.6 Å². The van der Waals surface area contributed by atoms with Crippen molar-refractivity contribution in [3.8, 4) is 0 Å². The molecule has 1 saturated heterocycles. The maximum atomic E-state index is 5.87. The van der Waals surface area contributed by atoms with Crippen molar-refractivity contribution >= 4 is 15.9 Å². The highest BCUT2D eigenvalue weighted by atomic mass is 79.9. The molecule has 1 fully saturated rings. The largest absolute Gasteiger partial charge is 0.379 e. The first-order chi connectivity index (χ1) is 10.1. The van der Waals surface area contributed by atoms with Crippen LogP contribution in [0, 0.1) is 0 Å². The second-order valence-electron chi connectivity index (χ2n) is 5.70. The summed E-state index contributed by atoms with van der Waals surface area (Å²) in [4.78, 5) is 6.96. The number of hydrogen-bond donors (Lipinski definition) is 2. The van der Waals surface area contributed by atoms with Crippen molar-refractivity contribution in [3.63, 3.8) is 0 Å². The molecule has 0 bridgehead atoms. The van der Waals surface area contributed by atoms with Gasteiger partial charge in [0.15, 0.2) is 0 Å². The summed E-state index contributed by atoms with van der Waals surface area (Å²) < 4.78 is 6.47. The van der Waals surface area contributed by atoms with Gasteiger partial charge in [-0.2, -0.15) is 0 Å². The number of morpholine rings is 1. The van der Waals surface area contributed by atoms with Gasteiger partial charge in [-0.25, -0.2) is 0 Å². The van der Waals surface area contributed by atoms with Gasteiger partial charge < -0.3 is 4.74 Å². The molecule has 2 heterocycles. The third-order valence-corrected chi connectivity index (χ3v) is 5.07. The second kappa shape index (κ2) is 7.65. The number of rotatable bonds is 6. The number of aromatic nitrogens is 1. The Labute approximate surface area is 135 Å². The van der Waals surface area contributed by atoms with E-state index in [1.54, 1.807) is 0 Å². The Hall–Kier alpha value is -0.530. The molecule has 21 heavy (non-hydrogen) atoms. The average Bonchev–Trinajstić information content (AvgIpc) is 2.54. The third-order valence-electron chi connectivity index (χ3n) is 4.60. The van der Waals surface area contributed by atoms with Crippen molar-refractivity contribution in [2.24, 2.45) is 5.84 Å². The van der Waals surface area contributed by atoms with Crippen molar-refractivity contribution in [1.29, 1.82) is 0 Å². The zero-order valence-electron chi connectivity index (χ0n) is 12.8. The molecule has 0 saturated carbocycles. The van der Waals surface area contributed by atoms with Gasteiger partial charge in [-0.3, -0.25) is 21.2 Å². The van der Waals surface area contributed by atoms with E-state index in [1.165, 1.54) is 0 Å². The normalized spacial score (nSPS) is 21.0. The molecule has 0 spiro atoms. The van der Waals surface area contributed by atoms with Crippen LogP contribution in [0.25, 0.3) is 0 Å². The van der Waals surface area contributed by atoms with Crippen molar-refractivity contribution in [3.05, 3.63) is 28.5 Å². The van der Waals surface area contributed by atoms with Crippen LogP contribution in [0.2, 0.25) is 0 Å². The lowest BCUT2D eigenvalue weighted by Crippen LogP contribution is -2.63. The number of pyridine rings is 1. The molecule has 0 radical (unpaired) electrons. The molecule has 1 aliphatic heterocycles. The molecule has 0 amide bonds. The van der Waals surface area contributed by atoms with Gasteiger partial charge in [0.25, 0.3) is 0 Å². The van der Waals surface area contributed by atoms with Crippen LogP contribution in [0.5, 0.6) is 0 Å². The predicted octanol–water partition coefficient (Wildman–Crippen LogP) is 1.72. The first-order valence-electron chi connectivity index (χ1n) is 7.49. The fraction of sp³-hybridized carbons (Fsp3) is 0.667. The number of hydrazine groups is 1. The van der Waals surface area contributed by atoms with Crippen LogP contribution >= 0.6 is 15.9 Å². The number of nitrogens with zero attached hydrogens (tertiary/aromatic N) is 2. The molecule has 3 N–H and O–H groups in total. The Bertz CT molecular complexity index is 436. The quantitative estimate of drug-likeness (QED) is 0.600. The van der Waals surface area contributed by atoms with Crippen LogP contribution in [0.3, 0.4) is 0 Å². The lowest BCUT2D eigenvalue weighted by Gasteiger charge is -2.47. The summed E-state index contributed by atoms with van der Waals surface area (Å²) in [6, 6.07) is 4.21. The van der Waals surface area contributed by atoms with E-state index in [0.717, 1.165) is 49.3 Å². The monoisotopic (exact) mass is 356 g/mol. The van der Waals surface area contributed by atoms with E-state index < -0.39 is 0 Å². The number of hydrogen-bond acceptors (Lipinski definition) is 5. The molecule has 2 unspecified atom stereocenters. The standard InChI is InChI=1S/C15H25BrN4O/c1-3-15(2,20-6-8-21-9-7-20)14(19-17)10-13-5-4-12(16)11-18-13/h4-5,11,14,19H,3,6-10,17H2,1-2H3. The van der Waals surface area contributed by atoms with Gasteiger partial charge in [-0.15, -0.1) is 0 Å². The van der Waals surface area contributed by atoms with Crippen LogP contribution in [0.15, 0.2) is 22.8 Å². The Kier molecular flexibility index (Phi) is 6.13. The Morgan fingerprint density at radius 3 is 2.71 bits per heavy atom. The molecule has 2 atom stereocenters. The van der Waals surface area contributed by atoms with Crippen molar-refractivity contribution in [2.75, 3.05) is 26.3 Å². The van der Waals surface area contributed by atoms with Crippen LogP contribution in [0.4, 0.5) is 0 Å². The van der Waals surface area contributed by atoms with Crippen molar-refractivity contribution in [1.82, 2.24) is 15.3 Å². The first kappa shape index (κ1) is 16.8. The second-order valence-corrected chi connectivity index (χ2v) is 6.62. The highest BCUT2D eigenvalue weighted by Crippen LogP contribution is 2.26. The summed E-state index contributed by atoms with van der Waals surface area (Å²) in [5.41, 5.74) is 4.06. The fourth-order valence-electron chi connectivity index (χ4n) is 2.96. The molecular formula is C15H25BrN4O. The van der Waals surface area contributed by atoms with Gasteiger partial charge in [0.1, 0.15) is 0 Å². The molecular weight excluding hydrogens is 332 g/mol. The SMILES string of the molecule is CCC(C)(C(Cc1ccc(Br)cn1)NN)N1CCOCC1. The summed E-state index contributed by atoms with van der Waals surface area (Å²) in [5, 5.41) is 0. The molecule has 1 aromatic rings. The minimum absolute atomic E-state index is 0.00666. The Morgan fingerprint density at radius 1 is 1.48 bits per heavy atom. The average molecular weight is 357 g/mol. The summed E-state index contributed by atoms with van der Waals surface area (Å²) >= 11 is 3.42. The highest BCUT2D eigenvalue weighted by molar-refractivity contribution is 9.10. The van der Waals surface area contributed by atoms with Gasteiger partial charge in [-0.05, 0) is 41.4 Å². The van der Waals surface area contributed by atoms with Crippen LogP contribution in [-0.2, 0) is 11.2 Å². The third kappa shape index (κ3) is 4.02. The summed E-state index contributed by atoms with van der Waals surface area (Å²) in [7, 11) is 0. The Morgan fingerprint density at radius 2 is 2.19 bits per heavy atom. The fourth-order valence-corrected chi connectivity index (χ4v) is 3.19. The minimum Gasteiger partial charge on any atom is -0.379 e. The zero-order valence-corrected chi connectivity index (χ0v) is 14.4. The van der Waals surface area contributed by atoms with E-state index in [0.29, 0.717) is 0 Å². The number of nitrogens with two attached hydrogens (primary N) is 1. The van der Waals surface area contributed by atoms with Crippen LogP contribution in [-0.4, -0.2) is 47.8 Å². The number of nitrogens with one attached hydrogen (secondary N) is 1. The molecule has 118 valence electrons. The number of halogens is 1. The van der Waals surface area contributed by atoms with Crippen LogP contribution in [0.1, 0.15) is 26.0 Å². The van der Waals surface area contributed by atoms with Crippen LogP contribution < -0.4 is 11.3 Å². The van der Waals surface area contributed by atoms with E-state index in [9.17, 15) is 0 Å². The molecule has 1 aromatic heterocycles. The molecule has 0 aromatic carbocycles. The number of ether oxygens (including phenoxy) is 1. The van der Waals surface area contributed by atoms with Gasteiger partial charge >= 0.3 is 0 Å². The van der Waals surface area contributed by atoms with E-state index in [4.69, 9.17) is 10.6 Å². The smallest absolute Gasteiger partial charge is 0.0594 e. The summed E-state index contributed by atoms with van der Waals surface area (Å²) in [5.74, 6) is 5.87.